The summed E-state index contributed by atoms with van der Waals surface area (Å²) in [6.45, 7) is 2.01. The van der Waals surface area contributed by atoms with Gasteiger partial charge in [0.1, 0.15) is 0 Å². The molecule has 1 atom stereocenters. The van der Waals surface area contributed by atoms with Gasteiger partial charge in [0, 0.05) is 29.3 Å². The molecule has 0 bridgehead atoms. The average Bonchev–Trinajstić information content (AvgIpc) is 3.32. The monoisotopic (exact) mass is 479 g/mol. The Morgan fingerprint density at radius 3 is 2.36 bits per heavy atom. The number of nitrogens with zero attached hydrogens (tertiary/aromatic N) is 2. The molecule has 2 N–H and O–H groups in total. The van der Waals surface area contributed by atoms with Crippen LogP contribution in [0.15, 0.2) is 88.8 Å². The van der Waals surface area contributed by atoms with Crippen molar-refractivity contribution >= 4 is 28.5 Å². The number of pyridine rings is 1. The Bertz CT molecular complexity index is 1540. The van der Waals surface area contributed by atoms with Gasteiger partial charge in [0.25, 0.3) is 5.56 Å². The topological polar surface area (TPSA) is 103 Å². The van der Waals surface area contributed by atoms with Crippen LogP contribution in [0.2, 0.25) is 0 Å². The van der Waals surface area contributed by atoms with Crippen LogP contribution in [-0.2, 0) is 9.59 Å². The molecule has 0 saturated carbocycles. The van der Waals surface area contributed by atoms with Crippen molar-refractivity contribution in [1.29, 1.82) is 0 Å². The third kappa shape index (κ3) is 4.43. The highest BCUT2D eigenvalue weighted by atomic mass is 16.4. The van der Waals surface area contributed by atoms with Crippen LogP contribution in [0.1, 0.15) is 42.0 Å². The number of aromatic nitrogens is 1. The fraction of sp³-hybridized carbons (Fsp3) is 0.172. The number of benzene rings is 3. The minimum atomic E-state index is -1.05. The Kier molecular flexibility index (Phi) is 6.21. The van der Waals surface area contributed by atoms with E-state index in [-0.39, 0.29) is 18.4 Å². The highest BCUT2D eigenvalue weighted by molar-refractivity contribution is 6.12. The van der Waals surface area contributed by atoms with Crippen LogP contribution in [0.3, 0.4) is 0 Å². The van der Waals surface area contributed by atoms with Crippen LogP contribution in [0.5, 0.6) is 0 Å². The smallest absolute Gasteiger partial charge is 0.303 e. The number of aryl methyl sites for hydroxylation is 1. The molecule has 1 aromatic heterocycles. The molecule has 7 heteroatoms. The lowest BCUT2D eigenvalue weighted by Gasteiger charge is -2.21. The molecule has 0 spiro atoms. The number of fused-ring (bicyclic) bond motifs is 1. The molecule has 1 aliphatic heterocycles. The number of amides is 1. The van der Waals surface area contributed by atoms with Gasteiger partial charge in [-0.3, -0.25) is 14.4 Å². The van der Waals surface area contributed by atoms with Crippen LogP contribution in [0.25, 0.3) is 22.0 Å². The molecule has 7 nitrogen and oxygen atoms in total. The van der Waals surface area contributed by atoms with Gasteiger partial charge < -0.3 is 10.1 Å². The largest absolute Gasteiger partial charge is 0.481 e. The number of aromatic amines is 1. The summed E-state index contributed by atoms with van der Waals surface area (Å²) in [6.07, 6.45) is -0.121. The van der Waals surface area contributed by atoms with E-state index in [1.165, 1.54) is 5.01 Å². The van der Waals surface area contributed by atoms with Gasteiger partial charge in [-0.2, -0.15) is 5.10 Å². The lowest BCUT2D eigenvalue weighted by atomic mass is 9.90. The number of hydrogen-bond acceptors (Lipinski definition) is 4. The van der Waals surface area contributed by atoms with E-state index < -0.39 is 17.9 Å². The molecule has 3 aromatic carbocycles. The molecule has 0 radical (unpaired) electrons. The zero-order chi connectivity index (χ0) is 25.2. The van der Waals surface area contributed by atoms with E-state index in [2.05, 4.69) is 10.1 Å². The number of carboxylic acids is 1. The summed E-state index contributed by atoms with van der Waals surface area (Å²) in [6, 6.07) is 24.6. The number of carbonyl (C=O) groups is 2. The summed E-state index contributed by atoms with van der Waals surface area (Å²) < 4.78 is 0. The van der Waals surface area contributed by atoms with E-state index in [9.17, 15) is 14.4 Å². The number of hydrogen-bond donors (Lipinski definition) is 2. The van der Waals surface area contributed by atoms with Crippen LogP contribution in [0, 0.1) is 6.92 Å². The first-order valence-electron chi connectivity index (χ1n) is 11.8. The second-order valence-electron chi connectivity index (χ2n) is 8.93. The van der Waals surface area contributed by atoms with Gasteiger partial charge in [0.2, 0.25) is 5.91 Å². The highest BCUT2D eigenvalue weighted by Gasteiger charge is 2.35. The van der Waals surface area contributed by atoms with Crippen LogP contribution >= 0.6 is 0 Å². The quantitative estimate of drug-likeness (QED) is 0.404. The van der Waals surface area contributed by atoms with Gasteiger partial charge in [-0.1, -0.05) is 78.4 Å². The summed E-state index contributed by atoms with van der Waals surface area (Å²) in [5.41, 5.74) is 4.97. The zero-order valence-corrected chi connectivity index (χ0v) is 19.8. The summed E-state index contributed by atoms with van der Waals surface area (Å²) in [5.74, 6) is -1.44. The van der Waals surface area contributed by atoms with Crippen molar-refractivity contribution < 1.29 is 14.7 Å². The van der Waals surface area contributed by atoms with Crippen molar-refractivity contribution in [2.75, 3.05) is 0 Å². The maximum absolute atomic E-state index is 13.5. The van der Waals surface area contributed by atoms with Crippen molar-refractivity contribution in [3.8, 4) is 11.1 Å². The molecule has 0 unspecified atom stereocenters. The van der Waals surface area contributed by atoms with E-state index >= 15 is 0 Å². The molecule has 4 aromatic rings. The summed E-state index contributed by atoms with van der Waals surface area (Å²) in [7, 11) is 0. The number of para-hydroxylation sites is 1. The Labute approximate surface area is 207 Å². The summed E-state index contributed by atoms with van der Waals surface area (Å²) in [5, 5.41) is 16.0. The predicted molar refractivity (Wildman–Crippen MR) is 139 cm³/mol. The number of carboxylic acid groups (broad SMARTS) is 1. The molecule has 180 valence electrons. The predicted octanol–water partition coefficient (Wildman–Crippen LogP) is 5.05. The molecule has 1 amide bonds. The lowest BCUT2D eigenvalue weighted by Crippen LogP contribution is -2.27. The number of rotatable bonds is 6. The van der Waals surface area contributed by atoms with E-state index in [0.717, 1.165) is 33.2 Å². The van der Waals surface area contributed by atoms with Crippen LogP contribution in [0.4, 0.5) is 0 Å². The van der Waals surface area contributed by atoms with Gasteiger partial charge >= 0.3 is 5.97 Å². The zero-order valence-electron chi connectivity index (χ0n) is 19.8. The normalized spacial score (nSPS) is 15.2. The van der Waals surface area contributed by atoms with E-state index in [4.69, 9.17) is 5.11 Å². The second-order valence-corrected chi connectivity index (χ2v) is 8.93. The first-order chi connectivity index (χ1) is 17.4. The Hall–Kier alpha value is -4.52. The van der Waals surface area contributed by atoms with Crippen molar-refractivity contribution in [3.63, 3.8) is 0 Å². The van der Waals surface area contributed by atoms with E-state index in [0.29, 0.717) is 17.7 Å². The summed E-state index contributed by atoms with van der Waals surface area (Å²) >= 11 is 0. The third-order valence-corrected chi connectivity index (χ3v) is 6.45. The highest BCUT2D eigenvalue weighted by Crippen LogP contribution is 2.37. The molecule has 2 heterocycles. The molecule has 0 saturated heterocycles. The molecule has 0 aliphatic carbocycles. The Balaban J connectivity index is 1.68. The first kappa shape index (κ1) is 23.2. The van der Waals surface area contributed by atoms with Crippen LogP contribution < -0.4 is 5.56 Å². The lowest BCUT2D eigenvalue weighted by molar-refractivity contribution is -0.141. The number of carbonyl (C=O) groups excluding carboxylic acids is 1. The van der Waals surface area contributed by atoms with Crippen molar-refractivity contribution in [3.05, 3.63) is 106 Å². The molecular formula is C29H25N3O4. The SMILES string of the molecule is Cc1ccc(-c2c(C3=NN(C(=O)CCC(=O)O)[C@H](c4ccccc4)C3)c(=O)[nH]c3ccccc23)cc1. The number of H-pyrrole nitrogens is 1. The fourth-order valence-corrected chi connectivity index (χ4v) is 4.69. The molecular weight excluding hydrogens is 454 g/mol. The third-order valence-electron chi connectivity index (χ3n) is 6.45. The second kappa shape index (κ2) is 9.62. The summed E-state index contributed by atoms with van der Waals surface area (Å²) in [4.78, 5) is 40.6. The maximum Gasteiger partial charge on any atom is 0.303 e. The Morgan fingerprint density at radius 1 is 0.944 bits per heavy atom. The van der Waals surface area contributed by atoms with Gasteiger partial charge in [-0.25, -0.2) is 5.01 Å². The molecule has 36 heavy (non-hydrogen) atoms. The fourth-order valence-electron chi connectivity index (χ4n) is 4.69. The van der Waals surface area contributed by atoms with Gasteiger partial charge in [-0.15, -0.1) is 0 Å². The maximum atomic E-state index is 13.5. The van der Waals surface area contributed by atoms with Gasteiger partial charge in [0.05, 0.1) is 23.7 Å². The van der Waals surface area contributed by atoms with Crippen LogP contribution in [-0.4, -0.2) is 32.7 Å². The number of aliphatic carboxylic acids is 1. The minimum absolute atomic E-state index is 0.172. The Morgan fingerprint density at radius 2 is 1.64 bits per heavy atom. The van der Waals surface area contributed by atoms with Crippen molar-refractivity contribution in [1.82, 2.24) is 9.99 Å². The molecule has 1 aliphatic rings. The molecule has 5 rings (SSSR count). The van der Waals surface area contributed by atoms with Gasteiger partial charge in [-0.05, 0) is 24.1 Å². The van der Waals surface area contributed by atoms with E-state index in [1.807, 2.05) is 85.8 Å². The molecule has 0 fully saturated rings. The van der Waals surface area contributed by atoms with Gasteiger partial charge in [0.15, 0.2) is 0 Å². The standard InChI is InChI=1S/C29H25N3O4/c1-18-11-13-20(14-12-18)27-21-9-5-6-10-22(21)30-29(36)28(27)23-17-24(19-7-3-2-4-8-19)32(31-23)25(33)15-16-26(34)35/h2-14,24H,15-17H2,1H3,(H,30,36)(H,34,35)/t24-/m0/s1. The average molecular weight is 480 g/mol. The van der Waals surface area contributed by atoms with Crippen molar-refractivity contribution in [2.45, 2.75) is 32.2 Å². The van der Waals surface area contributed by atoms with Crippen molar-refractivity contribution in [2.24, 2.45) is 5.10 Å². The first-order valence-corrected chi connectivity index (χ1v) is 11.8. The van der Waals surface area contributed by atoms with E-state index in [1.54, 1.807) is 0 Å². The number of nitrogens with one attached hydrogen (secondary N) is 1. The minimum Gasteiger partial charge on any atom is -0.481 e. The number of hydrazone groups is 1.